The predicted molar refractivity (Wildman–Crippen MR) is 91.2 cm³/mol. The van der Waals surface area contributed by atoms with E-state index in [4.69, 9.17) is 6.42 Å². The fourth-order valence-electron chi connectivity index (χ4n) is 1.28. The number of halogens is 3. The van der Waals surface area contributed by atoms with Gasteiger partial charge >= 0.3 is 0 Å². The highest BCUT2D eigenvalue weighted by atomic mass is 127. The maximum Gasteiger partial charge on any atom is 0.192 e. The predicted octanol–water partition coefficient (Wildman–Crippen LogP) is 2.89. The molecule has 0 saturated carbocycles. The molecule has 0 aliphatic rings. The van der Waals surface area contributed by atoms with Crippen LogP contribution in [-0.4, -0.2) is 19.0 Å². The average molecular weight is 440 g/mol. The van der Waals surface area contributed by atoms with Crippen LogP contribution < -0.4 is 10.6 Å². The van der Waals surface area contributed by atoms with Gasteiger partial charge in [0.1, 0.15) is 5.82 Å². The fraction of sp³-hybridized carbons (Fsp3) is 0.308. The molecule has 0 aliphatic carbocycles. The highest BCUT2D eigenvalue weighted by molar-refractivity contribution is 14.0. The fourth-order valence-corrected chi connectivity index (χ4v) is 1.53. The van der Waals surface area contributed by atoms with Crippen LogP contribution in [0.3, 0.4) is 0 Å². The number of guanidine groups is 1. The molecule has 1 aromatic rings. The third-order valence-corrected chi connectivity index (χ3v) is 2.75. The molecule has 0 bridgehead atoms. The normalized spacial score (nSPS) is 10.3. The van der Waals surface area contributed by atoms with Crippen molar-refractivity contribution in [3.8, 4) is 12.3 Å². The zero-order valence-corrected chi connectivity index (χ0v) is 14.5. The molecule has 0 heterocycles. The number of hydrogen-bond donors (Lipinski definition) is 2. The van der Waals surface area contributed by atoms with Gasteiger partial charge in [0.15, 0.2) is 5.96 Å². The summed E-state index contributed by atoms with van der Waals surface area (Å²) in [6, 6.07) is 4.95. The second kappa shape index (κ2) is 10.0. The highest BCUT2D eigenvalue weighted by Gasteiger charge is 2.01. The van der Waals surface area contributed by atoms with Crippen molar-refractivity contribution in [3.63, 3.8) is 0 Å². The van der Waals surface area contributed by atoms with Crippen LogP contribution >= 0.6 is 39.9 Å². The van der Waals surface area contributed by atoms with Crippen molar-refractivity contribution < 1.29 is 4.39 Å². The quantitative estimate of drug-likeness (QED) is 0.327. The molecule has 0 fully saturated rings. The molecule has 0 radical (unpaired) electrons. The first-order chi connectivity index (χ1) is 8.67. The molecule has 0 unspecified atom stereocenters. The maximum atomic E-state index is 13.3. The lowest BCUT2D eigenvalue weighted by Crippen LogP contribution is -2.37. The summed E-state index contributed by atoms with van der Waals surface area (Å²) in [6.07, 6.45) is 5.17. The van der Waals surface area contributed by atoms with Gasteiger partial charge in [0.05, 0.1) is 17.6 Å². The van der Waals surface area contributed by atoms with Crippen molar-refractivity contribution in [2.24, 2.45) is 4.99 Å². The Balaban J connectivity index is 0.00000324. The second-order valence-electron chi connectivity index (χ2n) is 3.50. The van der Waals surface area contributed by atoms with Gasteiger partial charge in [-0.25, -0.2) is 9.38 Å². The van der Waals surface area contributed by atoms with Crippen LogP contribution in [0.25, 0.3) is 0 Å². The molecule has 3 nitrogen and oxygen atoms in total. The van der Waals surface area contributed by atoms with Crippen molar-refractivity contribution in [1.29, 1.82) is 0 Å². The van der Waals surface area contributed by atoms with Gasteiger partial charge in [-0.3, -0.25) is 0 Å². The molecule has 1 rings (SSSR count). The minimum absolute atomic E-state index is 0. The van der Waals surface area contributed by atoms with Crippen molar-refractivity contribution in [1.82, 2.24) is 10.6 Å². The largest absolute Gasteiger partial charge is 0.357 e. The molecule has 0 atom stereocenters. The Morgan fingerprint density at radius 2 is 2.21 bits per heavy atom. The number of nitrogens with zero attached hydrogens (tertiary/aromatic N) is 1. The third kappa shape index (κ3) is 6.78. The van der Waals surface area contributed by atoms with E-state index in [0.717, 1.165) is 12.1 Å². The first-order valence-corrected chi connectivity index (χ1v) is 6.36. The van der Waals surface area contributed by atoms with Gasteiger partial charge in [-0.15, -0.1) is 30.4 Å². The summed E-state index contributed by atoms with van der Waals surface area (Å²) in [4.78, 5) is 4.31. The van der Waals surface area contributed by atoms with E-state index in [1.54, 1.807) is 6.07 Å². The van der Waals surface area contributed by atoms with E-state index < -0.39 is 0 Å². The Morgan fingerprint density at radius 1 is 1.47 bits per heavy atom. The van der Waals surface area contributed by atoms with Gasteiger partial charge in [-0.1, -0.05) is 12.0 Å². The molecule has 2 N–H and O–H groups in total. The summed E-state index contributed by atoms with van der Waals surface area (Å²) in [5.41, 5.74) is 0.800. The van der Waals surface area contributed by atoms with Crippen LogP contribution in [0.2, 0.25) is 0 Å². The van der Waals surface area contributed by atoms with E-state index in [9.17, 15) is 4.39 Å². The maximum absolute atomic E-state index is 13.3. The van der Waals surface area contributed by atoms with Crippen molar-refractivity contribution in [2.45, 2.75) is 13.5 Å². The van der Waals surface area contributed by atoms with Crippen LogP contribution in [0.5, 0.6) is 0 Å². The molecular weight excluding hydrogens is 424 g/mol. The van der Waals surface area contributed by atoms with Crippen molar-refractivity contribution in [2.75, 3.05) is 13.1 Å². The molecule has 19 heavy (non-hydrogen) atoms. The first kappa shape index (κ1) is 18.2. The minimum atomic E-state index is -0.288. The molecule has 1 aromatic carbocycles. The average Bonchev–Trinajstić information content (AvgIpc) is 2.37. The molecule has 0 aromatic heterocycles. The molecule has 0 saturated heterocycles. The molecule has 0 aliphatic heterocycles. The Bertz CT molecular complexity index is 471. The summed E-state index contributed by atoms with van der Waals surface area (Å²) < 4.78 is 13.8. The summed E-state index contributed by atoms with van der Waals surface area (Å²) in [6.45, 7) is 3.50. The Kier molecular flexibility index (Phi) is 9.61. The lowest BCUT2D eigenvalue weighted by atomic mass is 10.2. The Morgan fingerprint density at radius 3 is 2.79 bits per heavy atom. The summed E-state index contributed by atoms with van der Waals surface area (Å²) in [5, 5.41) is 6.02. The van der Waals surface area contributed by atoms with Gasteiger partial charge in [0.2, 0.25) is 0 Å². The highest BCUT2D eigenvalue weighted by Crippen LogP contribution is 2.16. The molecule has 104 valence electrons. The van der Waals surface area contributed by atoms with Crippen LogP contribution in [-0.2, 0) is 6.54 Å². The van der Waals surface area contributed by atoms with Crippen LogP contribution in [0.4, 0.5) is 4.39 Å². The van der Waals surface area contributed by atoms with E-state index in [2.05, 4.69) is 37.5 Å². The molecule has 0 spiro atoms. The van der Waals surface area contributed by atoms with Crippen LogP contribution in [0, 0.1) is 18.2 Å². The van der Waals surface area contributed by atoms with Gasteiger partial charge in [-0.05, 0) is 40.5 Å². The minimum Gasteiger partial charge on any atom is -0.357 e. The summed E-state index contributed by atoms with van der Waals surface area (Å²) >= 11 is 3.11. The lowest BCUT2D eigenvalue weighted by Gasteiger charge is -2.08. The van der Waals surface area contributed by atoms with Gasteiger partial charge in [0, 0.05) is 6.54 Å². The number of hydrogen-bond acceptors (Lipinski definition) is 1. The number of aliphatic imine (C=N–C) groups is 1. The van der Waals surface area contributed by atoms with Gasteiger partial charge in [-0.2, -0.15) is 0 Å². The summed E-state index contributed by atoms with van der Waals surface area (Å²) in [7, 11) is 0. The second-order valence-corrected chi connectivity index (χ2v) is 4.36. The van der Waals surface area contributed by atoms with Gasteiger partial charge < -0.3 is 10.6 Å². The lowest BCUT2D eigenvalue weighted by molar-refractivity contribution is 0.618. The number of benzene rings is 1. The van der Waals surface area contributed by atoms with E-state index in [-0.39, 0.29) is 29.8 Å². The summed E-state index contributed by atoms with van der Waals surface area (Å²) in [5.74, 6) is 2.81. The van der Waals surface area contributed by atoms with E-state index in [0.29, 0.717) is 23.5 Å². The smallest absolute Gasteiger partial charge is 0.192 e. The zero-order chi connectivity index (χ0) is 13.4. The number of terminal acetylenes is 1. The topological polar surface area (TPSA) is 36.4 Å². The zero-order valence-electron chi connectivity index (χ0n) is 10.5. The number of nitrogens with one attached hydrogen (secondary N) is 2. The Hall–Kier alpha value is -0.810. The Labute approximate surface area is 138 Å². The monoisotopic (exact) mass is 439 g/mol. The van der Waals surface area contributed by atoms with Crippen LogP contribution in [0.15, 0.2) is 27.7 Å². The number of rotatable bonds is 4. The van der Waals surface area contributed by atoms with Crippen LogP contribution in [0.1, 0.15) is 12.5 Å². The third-order valence-electron chi connectivity index (χ3n) is 2.11. The van der Waals surface area contributed by atoms with E-state index >= 15 is 0 Å². The van der Waals surface area contributed by atoms with Crippen molar-refractivity contribution in [3.05, 3.63) is 34.1 Å². The molecule has 6 heteroatoms. The van der Waals surface area contributed by atoms with E-state index in [1.165, 1.54) is 6.07 Å². The van der Waals surface area contributed by atoms with Gasteiger partial charge in [0.25, 0.3) is 0 Å². The first-order valence-electron chi connectivity index (χ1n) is 5.57. The SMILES string of the molecule is C#CCNC(=NCc1ccc(Br)c(F)c1)NCC.I. The van der Waals surface area contributed by atoms with Crippen molar-refractivity contribution >= 4 is 45.9 Å². The molecule has 0 amide bonds. The molecular formula is C13H16BrFIN3. The van der Waals surface area contributed by atoms with E-state index in [1.807, 2.05) is 13.0 Å². The standard InChI is InChI=1S/C13H15BrFN3.HI/c1-3-7-17-13(16-4-2)18-9-10-5-6-11(14)12(15)8-10;/h1,5-6,8H,4,7,9H2,2H3,(H2,16,17,18);1H.